The Morgan fingerprint density at radius 1 is 1.16 bits per heavy atom. The second-order valence-electron chi connectivity index (χ2n) is 4.21. The molecule has 2 aromatic rings. The molecule has 0 aromatic heterocycles. The zero-order valence-corrected chi connectivity index (χ0v) is 11.9. The molecule has 0 aliphatic heterocycles. The van der Waals surface area contributed by atoms with Gasteiger partial charge in [-0.05, 0) is 36.2 Å². The van der Waals surface area contributed by atoms with Crippen LogP contribution >= 0.6 is 15.9 Å². The molecule has 1 nitrogen and oxygen atoms in total. The summed E-state index contributed by atoms with van der Waals surface area (Å²) in [5.41, 5.74) is 1.90. The number of hydrogen-bond acceptors (Lipinski definition) is 1. The van der Waals surface area contributed by atoms with Crippen LogP contribution in [0.3, 0.4) is 0 Å². The summed E-state index contributed by atoms with van der Waals surface area (Å²) in [7, 11) is 0. The van der Waals surface area contributed by atoms with Crippen molar-refractivity contribution in [2.75, 3.05) is 0 Å². The third-order valence-electron chi connectivity index (χ3n) is 2.71. The van der Waals surface area contributed by atoms with Crippen molar-refractivity contribution in [1.29, 1.82) is 0 Å². The van der Waals surface area contributed by atoms with Crippen LogP contribution in [0.4, 0.5) is 8.78 Å². The first-order valence-corrected chi connectivity index (χ1v) is 6.55. The molecule has 0 amide bonds. The smallest absolute Gasteiger partial charge is 0.135 e. The van der Waals surface area contributed by atoms with Gasteiger partial charge < -0.3 is 0 Å². The number of nitrogens with zero attached hydrogens (tertiary/aromatic N) is 1. The van der Waals surface area contributed by atoms with Gasteiger partial charge in [-0.2, -0.15) is 0 Å². The second kappa shape index (κ2) is 6.06. The molecule has 0 N–H and O–H groups in total. The fraction of sp³-hybridized carbons (Fsp3) is 0.133. The van der Waals surface area contributed by atoms with Crippen molar-refractivity contribution in [1.82, 2.24) is 0 Å². The minimum Gasteiger partial charge on any atom is -0.288 e. The van der Waals surface area contributed by atoms with Crippen LogP contribution in [0.25, 0.3) is 0 Å². The van der Waals surface area contributed by atoms with E-state index >= 15 is 0 Å². The number of aryl methyl sites for hydroxylation is 1. The number of aliphatic imine (C=N–C) groups is 1. The van der Waals surface area contributed by atoms with Gasteiger partial charge in [-0.25, -0.2) is 8.78 Å². The Morgan fingerprint density at radius 2 is 1.84 bits per heavy atom. The molecular weight excluding hydrogens is 312 g/mol. The quantitative estimate of drug-likeness (QED) is 0.729. The molecule has 98 valence electrons. The van der Waals surface area contributed by atoms with Crippen LogP contribution in [-0.4, -0.2) is 6.21 Å². The highest BCUT2D eigenvalue weighted by Crippen LogP contribution is 2.14. The van der Waals surface area contributed by atoms with Gasteiger partial charge in [0.1, 0.15) is 11.6 Å². The van der Waals surface area contributed by atoms with Gasteiger partial charge in [-0.3, -0.25) is 4.99 Å². The minimum absolute atomic E-state index is 0.332. The van der Waals surface area contributed by atoms with Gasteiger partial charge in [0.25, 0.3) is 0 Å². The number of rotatable bonds is 3. The Bertz CT molecular complexity index is 583. The highest BCUT2D eigenvalue weighted by atomic mass is 79.9. The van der Waals surface area contributed by atoms with E-state index in [9.17, 15) is 8.78 Å². The maximum atomic E-state index is 13.6. The van der Waals surface area contributed by atoms with E-state index in [2.05, 4.69) is 20.9 Å². The molecule has 0 fully saturated rings. The number of benzene rings is 2. The van der Waals surface area contributed by atoms with Gasteiger partial charge in [0.15, 0.2) is 0 Å². The monoisotopic (exact) mass is 323 g/mol. The van der Waals surface area contributed by atoms with Crippen molar-refractivity contribution in [3.05, 3.63) is 69.2 Å². The van der Waals surface area contributed by atoms with E-state index in [1.54, 1.807) is 6.92 Å². The molecule has 0 aliphatic rings. The lowest BCUT2D eigenvalue weighted by Crippen LogP contribution is -1.95. The zero-order chi connectivity index (χ0) is 13.8. The fourth-order valence-corrected chi connectivity index (χ4v) is 1.97. The fourth-order valence-electron chi connectivity index (χ4n) is 1.71. The molecule has 0 saturated heterocycles. The van der Waals surface area contributed by atoms with Crippen molar-refractivity contribution in [3.63, 3.8) is 0 Å². The predicted octanol–water partition coefficient (Wildman–Crippen LogP) is 4.65. The normalized spacial score (nSPS) is 11.2. The Labute approximate surface area is 119 Å². The van der Waals surface area contributed by atoms with E-state index in [0.717, 1.165) is 16.1 Å². The molecule has 19 heavy (non-hydrogen) atoms. The summed E-state index contributed by atoms with van der Waals surface area (Å²) in [6.45, 7) is 2.12. The molecule has 0 radical (unpaired) electrons. The molecule has 0 saturated carbocycles. The van der Waals surface area contributed by atoms with Crippen LogP contribution in [0, 0.1) is 18.6 Å². The average Bonchev–Trinajstić information content (AvgIpc) is 2.34. The van der Waals surface area contributed by atoms with E-state index in [-0.39, 0.29) is 0 Å². The maximum Gasteiger partial charge on any atom is 0.135 e. The van der Waals surface area contributed by atoms with E-state index in [0.29, 0.717) is 17.7 Å². The molecule has 4 heteroatoms. The van der Waals surface area contributed by atoms with E-state index in [1.807, 2.05) is 24.3 Å². The summed E-state index contributed by atoms with van der Waals surface area (Å²) in [4.78, 5) is 4.19. The third kappa shape index (κ3) is 3.70. The Kier molecular flexibility index (Phi) is 4.43. The van der Waals surface area contributed by atoms with Crippen LogP contribution in [0.2, 0.25) is 0 Å². The van der Waals surface area contributed by atoms with E-state index < -0.39 is 11.6 Å². The van der Waals surface area contributed by atoms with Gasteiger partial charge >= 0.3 is 0 Å². The van der Waals surface area contributed by atoms with Crippen molar-refractivity contribution in [2.45, 2.75) is 13.5 Å². The highest BCUT2D eigenvalue weighted by molar-refractivity contribution is 9.10. The van der Waals surface area contributed by atoms with Crippen LogP contribution in [0.15, 0.2) is 45.9 Å². The molecule has 0 bridgehead atoms. The van der Waals surface area contributed by atoms with Gasteiger partial charge in [0.05, 0.1) is 6.54 Å². The Morgan fingerprint density at radius 3 is 2.47 bits per heavy atom. The van der Waals surface area contributed by atoms with Crippen LogP contribution in [-0.2, 0) is 6.54 Å². The van der Waals surface area contributed by atoms with E-state index in [4.69, 9.17) is 0 Å². The SMILES string of the molecule is Cc1cc(F)cc(F)c1C=NCc1ccc(Br)cc1. The molecule has 0 spiro atoms. The highest BCUT2D eigenvalue weighted by Gasteiger charge is 2.05. The average molecular weight is 324 g/mol. The molecule has 0 aliphatic carbocycles. The van der Waals surface area contributed by atoms with E-state index in [1.165, 1.54) is 12.3 Å². The van der Waals surface area contributed by atoms with Crippen LogP contribution in [0.1, 0.15) is 16.7 Å². The Hall–Kier alpha value is -1.55. The first-order chi connectivity index (χ1) is 9.06. The molecule has 2 aromatic carbocycles. The standard InChI is InChI=1S/C15H12BrF2N/c1-10-6-13(17)7-15(18)14(10)9-19-8-11-2-4-12(16)5-3-11/h2-7,9H,8H2,1H3. The van der Waals surface area contributed by atoms with Gasteiger partial charge in [0.2, 0.25) is 0 Å². The topological polar surface area (TPSA) is 12.4 Å². The van der Waals surface area contributed by atoms with Crippen molar-refractivity contribution in [3.8, 4) is 0 Å². The summed E-state index contributed by atoms with van der Waals surface area (Å²) in [6, 6.07) is 9.89. The molecule has 0 atom stereocenters. The summed E-state index contributed by atoms with van der Waals surface area (Å²) in [6.07, 6.45) is 1.45. The molecule has 0 heterocycles. The molecular formula is C15H12BrF2N. The Balaban J connectivity index is 2.13. The lowest BCUT2D eigenvalue weighted by atomic mass is 10.1. The number of halogens is 3. The first-order valence-electron chi connectivity index (χ1n) is 5.76. The largest absolute Gasteiger partial charge is 0.288 e. The summed E-state index contributed by atoms with van der Waals surface area (Å²) in [5, 5.41) is 0. The first kappa shape index (κ1) is 13.9. The predicted molar refractivity (Wildman–Crippen MR) is 76.5 cm³/mol. The van der Waals surface area contributed by atoms with Crippen molar-refractivity contribution in [2.24, 2.45) is 4.99 Å². The summed E-state index contributed by atoms with van der Waals surface area (Å²) >= 11 is 3.35. The third-order valence-corrected chi connectivity index (χ3v) is 3.24. The van der Waals surface area contributed by atoms with Gasteiger partial charge in [-0.15, -0.1) is 0 Å². The van der Waals surface area contributed by atoms with Crippen LogP contribution < -0.4 is 0 Å². The lowest BCUT2D eigenvalue weighted by molar-refractivity contribution is 0.580. The van der Waals surface area contributed by atoms with Crippen LogP contribution in [0.5, 0.6) is 0 Å². The maximum absolute atomic E-state index is 13.6. The summed E-state index contributed by atoms with van der Waals surface area (Å²) in [5.74, 6) is -1.16. The summed E-state index contributed by atoms with van der Waals surface area (Å²) < 4.78 is 27.5. The minimum atomic E-state index is -0.586. The lowest BCUT2D eigenvalue weighted by Gasteiger charge is -2.02. The van der Waals surface area contributed by atoms with Gasteiger partial charge in [0, 0.05) is 22.3 Å². The van der Waals surface area contributed by atoms with Gasteiger partial charge in [-0.1, -0.05) is 28.1 Å². The second-order valence-corrected chi connectivity index (χ2v) is 5.13. The number of hydrogen-bond donors (Lipinski definition) is 0. The van der Waals surface area contributed by atoms with Crippen molar-refractivity contribution >= 4 is 22.1 Å². The molecule has 0 unspecified atom stereocenters. The zero-order valence-electron chi connectivity index (χ0n) is 10.3. The molecule has 2 rings (SSSR count). The van der Waals surface area contributed by atoms with Crippen molar-refractivity contribution < 1.29 is 8.78 Å².